The number of anilines is 1. The number of aryl methyl sites for hydroxylation is 1. The summed E-state index contributed by atoms with van der Waals surface area (Å²) >= 11 is 0. The van der Waals surface area contributed by atoms with Gasteiger partial charge in [0.25, 0.3) is 10.2 Å². The highest BCUT2D eigenvalue weighted by atomic mass is 32.2. The Morgan fingerprint density at radius 3 is 2.58 bits per heavy atom. The minimum absolute atomic E-state index is 0.303. The van der Waals surface area contributed by atoms with E-state index in [1.807, 2.05) is 13.0 Å². The van der Waals surface area contributed by atoms with Crippen molar-refractivity contribution >= 4 is 16.0 Å². The summed E-state index contributed by atoms with van der Waals surface area (Å²) in [7, 11) is -0.341. The molecule has 1 aromatic carbocycles. The molecule has 0 aliphatic carbocycles. The monoisotopic (exact) mass is 443 g/mol. The van der Waals surface area contributed by atoms with Gasteiger partial charge in [-0.3, -0.25) is 0 Å². The second-order valence-electron chi connectivity index (χ2n) is 8.71. The Morgan fingerprint density at radius 2 is 1.84 bits per heavy atom. The fourth-order valence-corrected chi connectivity index (χ4v) is 5.93. The van der Waals surface area contributed by atoms with Crippen LogP contribution in [0.1, 0.15) is 54.4 Å². The van der Waals surface area contributed by atoms with Crippen molar-refractivity contribution in [1.82, 2.24) is 18.6 Å². The summed E-state index contributed by atoms with van der Waals surface area (Å²) in [5.41, 5.74) is 3.51. The highest BCUT2D eigenvalue weighted by molar-refractivity contribution is 7.86. The van der Waals surface area contributed by atoms with E-state index in [2.05, 4.69) is 29.2 Å². The maximum atomic E-state index is 13.0. The number of benzene rings is 1. The number of nitrogens with zero attached hydrogens (tertiary/aromatic N) is 5. The molecule has 1 saturated heterocycles. The topological polar surface area (TPSA) is 69.6 Å². The van der Waals surface area contributed by atoms with Crippen LogP contribution in [0.5, 0.6) is 0 Å². The van der Waals surface area contributed by atoms with Gasteiger partial charge >= 0.3 is 0 Å². The van der Waals surface area contributed by atoms with Crippen LogP contribution in [0.2, 0.25) is 0 Å². The lowest BCUT2D eigenvalue weighted by atomic mass is 10.0. The molecule has 0 radical (unpaired) electrons. The van der Waals surface area contributed by atoms with E-state index >= 15 is 0 Å². The van der Waals surface area contributed by atoms with Crippen molar-refractivity contribution < 1.29 is 8.42 Å². The maximum absolute atomic E-state index is 13.0. The average Bonchev–Trinajstić information content (AvgIpc) is 2.78. The van der Waals surface area contributed by atoms with E-state index in [1.165, 1.54) is 15.4 Å². The lowest BCUT2D eigenvalue weighted by Gasteiger charge is -2.37. The van der Waals surface area contributed by atoms with Gasteiger partial charge in [0.15, 0.2) is 0 Å². The largest absolute Gasteiger partial charge is 0.356 e. The first-order chi connectivity index (χ1) is 14.9. The first kappa shape index (κ1) is 22.2. The summed E-state index contributed by atoms with van der Waals surface area (Å²) < 4.78 is 28.8. The minimum Gasteiger partial charge on any atom is -0.356 e. The molecule has 4 rings (SSSR count). The first-order valence-corrected chi connectivity index (χ1v) is 12.6. The lowest BCUT2D eigenvalue weighted by Crippen LogP contribution is -2.45. The van der Waals surface area contributed by atoms with Gasteiger partial charge in [-0.05, 0) is 44.6 Å². The van der Waals surface area contributed by atoms with Crippen LogP contribution in [-0.4, -0.2) is 60.7 Å². The van der Waals surface area contributed by atoms with Crippen LogP contribution >= 0.6 is 0 Å². The van der Waals surface area contributed by atoms with Gasteiger partial charge in [-0.25, -0.2) is 9.97 Å². The van der Waals surface area contributed by atoms with E-state index in [1.54, 1.807) is 18.4 Å². The standard InChI is InChI=1S/C23H33N5O2S/c1-18-20-12-9-15-27(17-14-19-10-5-4-6-11-19)23(20)25-22(24-18)21-13-7-8-16-28(21)31(29,30)26(2)3/h4-6,10-11,21H,7-9,12-17H2,1-3H3/t21-/m0/s1. The van der Waals surface area contributed by atoms with E-state index in [0.717, 1.165) is 63.1 Å². The first-order valence-electron chi connectivity index (χ1n) is 11.2. The Bertz CT molecular complexity index is 1010. The summed E-state index contributed by atoms with van der Waals surface area (Å²) in [6.45, 7) is 4.43. The van der Waals surface area contributed by atoms with Crippen molar-refractivity contribution in [3.8, 4) is 0 Å². The third-order valence-electron chi connectivity index (χ3n) is 6.39. The van der Waals surface area contributed by atoms with Gasteiger partial charge in [0.1, 0.15) is 11.6 Å². The van der Waals surface area contributed by atoms with E-state index in [4.69, 9.17) is 9.97 Å². The molecule has 8 heteroatoms. The number of hydrogen-bond donors (Lipinski definition) is 0. The molecule has 2 aliphatic heterocycles. The number of piperidine rings is 1. The minimum atomic E-state index is -3.52. The second-order valence-corrected chi connectivity index (χ2v) is 10.8. The predicted molar refractivity (Wildman–Crippen MR) is 123 cm³/mol. The third kappa shape index (κ3) is 4.61. The summed E-state index contributed by atoms with van der Waals surface area (Å²) in [6, 6.07) is 10.2. The van der Waals surface area contributed by atoms with Crippen molar-refractivity contribution in [2.24, 2.45) is 0 Å². The van der Waals surface area contributed by atoms with E-state index in [9.17, 15) is 8.42 Å². The molecule has 7 nitrogen and oxygen atoms in total. The van der Waals surface area contributed by atoms with Crippen LogP contribution in [0.3, 0.4) is 0 Å². The SMILES string of the molecule is Cc1nc([C@@H]2CCCCN2S(=O)(=O)N(C)C)nc2c1CCCN2CCc1ccccc1. The molecule has 3 heterocycles. The summed E-state index contributed by atoms with van der Waals surface area (Å²) in [6.07, 6.45) is 5.65. The van der Waals surface area contributed by atoms with Crippen molar-refractivity contribution in [1.29, 1.82) is 0 Å². The molecule has 2 aliphatic rings. The third-order valence-corrected chi connectivity index (χ3v) is 8.34. The van der Waals surface area contributed by atoms with Crippen LogP contribution in [0, 0.1) is 6.92 Å². The normalized spacial score (nSPS) is 20.1. The Morgan fingerprint density at radius 1 is 1.06 bits per heavy atom. The van der Waals surface area contributed by atoms with Crippen molar-refractivity contribution in [3.05, 3.63) is 53.0 Å². The molecular formula is C23H33N5O2S. The van der Waals surface area contributed by atoms with Crippen LogP contribution in [-0.2, 0) is 23.1 Å². The molecule has 1 fully saturated rings. The van der Waals surface area contributed by atoms with Crippen molar-refractivity contribution in [3.63, 3.8) is 0 Å². The molecule has 2 aromatic rings. The van der Waals surface area contributed by atoms with Gasteiger partial charge in [-0.15, -0.1) is 0 Å². The Kier molecular flexibility index (Phi) is 6.60. The number of fused-ring (bicyclic) bond motifs is 1. The Balaban J connectivity index is 1.65. The fourth-order valence-electron chi connectivity index (χ4n) is 4.63. The van der Waals surface area contributed by atoms with E-state index in [-0.39, 0.29) is 6.04 Å². The Hall–Kier alpha value is -2.03. The molecule has 1 atom stereocenters. The smallest absolute Gasteiger partial charge is 0.282 e. The van der Waals surface area contributed by atoms with Crippen LogP contribution in [0.15, 0.2) is 30.3 Å². The molecule has 0 spiro atoms. The molecule has 31 heavy (non-hydrogen) atoms. The molecule has 168 valence electrons. The highest BCUT2D eigenvalue weighted by Gasteiger charge is 2.37. The van der Waals surface area contributed by atoms with Crippen LogP contribution in [0.25, 0.3) is 0 Å². The summed E-state index contributed by atoms with van der Waals surface area (Å²) in [5, 5.41) is 0. The molecule has 0 saturated carbocycles. The van der Waals surface area contributed by atoms with E-state index < -0.39 is 10.2 Å². The van der Waals surface area contributed by atoms with E-state index in [0.29, 0.717) is 12.4 Å². The molecule has 0 amide bonds. The van der Waals surface area contributed by atoms with Gasteiger partial charge in [0.2, 0.25) is 0 Å². The zero-order valence-corrected chi connectivity index (χ0v) is 19.6. The zero-order valence-electron chi connectivity index (χ0n) is 18.8. The van der Waals surface area contributed by atoms with Crippen molar-refractivity contribution in [2.75, 3.05) is 38.6 Å². The summed E-state index contributed by atoms with van der Waals surface area (Å²) in [5.74, 6) is 1.64. The van der Waals surface area contributed by atoms with Gasteiger partial charge in [0, 0.05) is 45.0 Å². The van der Waals surface area contributed by atoms with Gasteiger partial charge in [0.05, 0.1) is 6.04 Å². The Labute approximate surface area is 186 Å². The van der Waals surface area contributed by atoms with Crippen molar-refractivity contribution in [2.45, 2.75) is 51.5 Å². The van der Waals surface area contributed by atoms with Crippen LogP contribution < -0.4 is 4.90 Å². The van der Waals surface area contributed by atoms with Gasteiger partial charge < -0.3 is 4.90 Å². The van der Waals surface area contributed by atoms with Gasteiger partial charge in [-0.2, -0.15) is 17.0 Å². The molecule has 0 unspecified atom stereocenters. The maximum Gasteiger partial charge on any atom is 0.282 e. The molecule has 0 bridgehead atoms. The van der Waals surface area contributed by atoms with Gasteiger partial charge in [-0.1, -0.05) is 36.8 Å². The number of hydrogen-bond acceptors (Lipinski definition) is 5. The predicted octanol–water partition coefficient (Wildman–Crippen LogP) is 3.11. The highest BCUT2D eigenvalue weighted by Crippen LogP contribution is 2.35. The zero-order chi connectivity index (χ0) is 22.0. The molecule has 0 N–H and O–H groups in total. The quantitative estimate of drug-likeness (QED) is 0.686. The fraction of sp³-hybridized carbons (Fsp3) is 0.565. The molecular weight excluding hydrogens is 410 g/mol. The summed E-state index contributed by atoms with van der Waals surface area (Å²) in [4.78, 5) is 12.2. The average molecular weight is 444 g/mol. The number of rotatable bonds is 6. The number of aromatic nitrogens is 2. The lowest BCUT2D eigenvalue weighted by molar-refractivity contribution is 0.234. The second kappa shape index (κ2) is 9.22. The molecule has 1 aromatic heterocycles. The van der Waals surface area contributed by atoms with Crippen LogP contribution in [0.4, 0.5) is 5.82 Å².